The number of carbonyl (C=O) groups is 1. The summed E-state index contributed by atoms with van der Waals surface area (Å²) < 4.78 is 16.5. The first kappa shape index (κ1) is 22.8. The predicted molar refractivity (Wildman–Crippen MR) is 115 cm³/mol. The van der Waals surface area contributed by atoms with Gasteiger partial charge in [-0.05, 0) is 56.2 Å². The molecule has 0 unspecified atom stereocenters. The number of nitrogens with one attached hydrogen (secondary N) is 2. The number of benzene rings is 2. The van der Waals surface area contributed by atoms with E-state index in [1.54, 1.807) is 7.11 Å². The second kappa shape index (κ2) is 10.9. The van der Waals surface area contributed by atoms with Crippen molar-refractivity contribution in [2.45, 2.75) is 39.5 Å². The average molecular weight is 421 g/mol. The second-order valence-electron chi connectivity index (χ2n) is 7.51. The van der Waals surface area contributed by atoms with E-state index < -0.39 is 11.7 Å². The van der Waals surface area contributed by atoms with E-state index >= 15 is 0 Å². The normalized spacial score (nSPS) is 11.1. The van der Waals surface area contributed by atoms with Crippen LogP contribution in [0, 0.1) is 0 Å². The van der Waals surface area contributed by atoms with Crippen molar-refractivity contribution in [1.82, 2.24) is 10.6 Å². The lowest BCUT2D eigenvalue weighted by Crippen LogP contribution is -2.36. The maximum Gasteiger partial charge on any atom is 0.407 e. The first-order chi connectivity index (χ1) is 13.8. The van der Waals surface area contributed by atoms with Gasteiger partial charge in [-0.3, -0.25) is 0 Å². The molecule has 7 heteroatoms. The van der Waals surface area contributed by atoms with Crippen LogP contribution in [-0.2, 0) is 17.9 Å². The average Bonchev–Trinajstić information content (AvgIpc) is 2.66. The van der Waals surface area contributed by atoms with Crippen LogP contribution in [0.3, 0.4) is 0 Å². The Morgan fingerprint density at radius 3 is 2.34 bits per heavy atom. The van der Waals surface area contributed by atoms with Crippen LogP contribution in [0.2, 0.25) is 5.02 Å². The smallest absolute Gasteiger partial charge is 0.407 e. The highest BCUT2D eigenvalue weighted by atomic mass is 35.5. The summed E-state index contributed by atoms with van der Waals surface area (Å²) in [5.41, 5.74) is 1.59. The minimum absolute atomic E-state index is 0.414. The van der Waals surface area contributed by atoms with Crippen molar-refractivity contribution in [1.29, 1.82) is 0 Å². The number of alkyl carbamates (subject to hydrolysis) is 1. The van der Waals surface area contributed by atoms with Crippen LogP contribution in [0.5, 0.6) is 11.5 Å². The van der Waals surface area contributed by atoms with E-state index in [1.165, 1.54) is 0 Å². The number of methoxy groups -OCH3 is 1. The highest BCUT2D eigenvalue weighted by Gasteiger charge is 2.15. The van der Waals surface area contributed by atoms with Gasteiger partial charge < -0.3 is 24.8 Å². The maximum atomic E-state index is 11.6. The third-order valence-electron chi connectivity index (χ3n) is 3.83. The molecule has 29 heavy (non-hydrogen) atoms. The first-order valence-electron chi connectivity index (χ1n) is 9.48. The summed E-state index contributed by atoms with van der Waals surface area (Å²) in [6, 6.07) is 13.3. The molecule has 1 amide bonds. The highest BCUT2D eigenvalue weighted by Crippen LogP contribution is 2.29. The summed E-state index contributed by atoms with van der Waals surface area (Å²) in [5.74, 6) is 1.35. The van der Waals surface area contributed by atoms with Gasteiger partial charge in [0.15, 0.2) is 11.5 Å². The molecule has 0 bridgehead atoms. The fraction of sp³-hybridized carbons (Fsp3) is 0.409. The number of hydrogen-bond acceptors (Lipinski definition) is 5. The van der Waals surface area contributed by atoms with Crippen molar-refractivity contribution in [3.05, 3.63) is 58.6 Å². The van der Waals surface area contributed by atoms with E-state index in [0.717, 1.165) is 11.1 Å². The summed E-state index contributed by atoms with van der Waals surface area (Å²) >= 11 is 5.90. The SMILES string of the molecule is COc1cc(CNCCNC(=O)OC(C)(C)C)ccc1OCc1ccc(Cl)cc1. The summed E-state index contributed by atoms with van der Waals surface area (Å²) in [4.78, 5) is 11.6. The van der Waals surface area contributed by atoms with E-state index in [0.29, 0.717) is 42.8 Å². The molecule has 0 spiro atoms. The van der Waals surface area contributed by atoms with Crippen molar-refractivity contribution >= 4 is 17.7 Å². The molecule has 2 aromatic carbocycles. The molecule has 0 fully saturated rings. The lowest BCUT2D eigenvalue weighted by molar-refractivity contribution is 0.0528. The van der Waals surface area contributed by atoms with Gasteiger partial charge in [0.25, 0.3) is 0 Å². The van der Waals surface area contributed by atoms with Gasteiger partial charge in [-0.15, -0.1) is 0 Å². The fourth-order valence-corrected chi connectivity index (χ4v) is 2.61. The molecule has 0 aliphatic carbocycles. The molecule has 0 heterocycles. The molecule has 2 rings (SSSR count). The zero-order valence-electron chi connectivity index (χ0n) is 17.4. The second-order valence-corrected chi connectivity index (χ2v) is 7.94. The van der Waals surface area contributed by atoms with E-state index in [9.17, 15) is 4.79 Å². The minimum Gasteiger partial charge on any atom is -0.493 e. The molecule has 0 aliphatic rings. The topological polar surface area (TPSA) is 68.8 Å². The molecule has 0 aliphatic heterocycles. The van der Waals surface area contributed by atoms with Gasteiger partial charge in [0.1, 0.15) is 12.2 Å². The Morgan fingerprint density at radius 2 is 1.69 bits per heavy atom. The van der Waals surface area contributed by atoms with Gasteiger partial charge in [-0.1, -0.05) is 29.8 Å². The van der Waals surface area contributed by atoms with Gasteiger partial charge in [0.05, 0.1) is 7.11 Å². The van der Waals surface area contributed by atoms with E-state index in [1.807, 2.05) is 63.2 Å². The number of amides is 1. The molecule has 2 N–H and O–H groups in total. The number of carbonyl (C=O) groups excluding carboxylic acids is 1. The van der Waals surface area contributed by atoms with E-state index in [-0.39, 0.29) is 0 Å². The lowest BCUT2D eigenvalue weighted by Gasteiger charge is -2.19. The van der Waals surface area contributed by atoms with Crippen LogP contribution in [0.4, 0.5) is 4.79 Å². The Bertz CT molecular complexity index is 788. The summed E-state index contributed by atoms with van der Waals surface area (Å²) in [6.07, 6.45) is -0.414. The number of hydrogen-bond donors (Lipinski definition) is 2. The van der Waals surface area contributed by atoms with Gasteiger partial charge in [0, 0.05) is 24.7 Å². The van der Waals surface area contributed by atoms with Gasteiger partial charge in [-0.2, -0.15) is 0 Å². The monoisotopic (exact) mass is 420 g/mol. The van der Waals surface area contributed by atoms with E-state index in [4.69, 9.17) is 25.8 Å². The van der Waals surface area contributed by atoms with Gasteiger partial charge in [0.2, 0.25) is 0 Å². The molecule has 158 valence electrons. The van der Waals surface area contributed by atoms with Crippen LogP contribution < -0.4 is 20.1 Å². The number of ether oxygens (including phenoxy) is 3. The third-order valence-corrected chi connectivity index (χ3v) is 4.09. The van der Waals surface area contributed by atoms with Crippen molar-refractivity contribution in [2.75, 3.05) is 20.2 Å². The lowest BCUT2D eigenvalue weighted by atomic mass is 10.2. The molecular formula is C22H29ClN2O4. The largest absolute Gasteiger partial charge is 0.493 e. The summed E-state index contributed by atoms with van der Waals surface area (Å²) in [5, 5.41) is 6.69. The number of halogens is 1. The van der Waals surface area contributed by atoms with Gasteiger partial charge in [-0.25, -0.2) is 4.79 Å². The highest BCUT2D eigenvalue weighted by molar-refractivity contribution is 6.30. The molecule has 2 aromatic rings. The Balaban J connectivity index is 1.77. The van der Waals surface area contributed by atoms with Crippen LogP contribution in [-0.4, -0.2) is 31.9 Å². The Hall–Kier alpha value is -2.44. The molecule has 0 saturated heterocycles. The zero-order valence-corrected chi connectivity index (χ0v) is 18.1. The standard InChI is InChI=1S/C22H29ClN2O4/c1-22(2,3)29-21(26)25-12-11-24-14-17-7-10-19(20(13-17)27-4)28-15-16-5-8-18(23)9-6-16/h5-10,13,24H,11-12,14-15H2,1-4H3,(H,25,26). The summed E-state index contributed by atoms with van der Waals surface area (Å²) in [6.45, 7) is 7.68. The third kappa shape index (κ3) is 8.62. The van der Waals surface area contributed by atoms with Crippen LogP contribution in [0.25, 0.3) is 0 Å². The van der Waals surface area contributed by atoms with Gasteiger partial charge >= 0.3 is 6.09 Å². The maximum absolute atomic E-state index is 11.6. The van der Waals surface area contributed by atoms with Crippen molar-refractivity contribution in [2.24, 2.45) is 0 Å². The molecule has 0 aromatic heterocycles. The summed E-state index contributed by atoms with van der Waals surface area (Å²) in [7, 11) is 1.62. The fourth-order valence-electron chi connectivity index (χ4n) is 2.48. The molecule has 0 atom stereocenters. The zero-order chi connectivity index (χ0) is 21.3. The Morgan fingerprint density at radius 1 is 1.00 bits per heavy atom. The Labute approximate surface area is 177 Å². The molecule has 6 nitrogen and oxygen atoms in total. The molecular weight excluding hydrogens is 392 g/mol. The van der Waals surface area contributed by atoms with Crippen LogP contribution >= 0.6 is 11.6 Å². The number of rotatable bonds is 9. The Kier molecular flexibility index (Phi) is 8.61. The van der Waals surface area contributed by atoms with Crippen LogP contribution in [0.15, 0.2) is 42.5 Å². The predicted octanol–water partition coefficient (Wildman–Crippen LogP) is 4.54. The minimum atomic E-state index is -0.495. The quantitative estimate of drug-likeness (QED) is 0.583. The molecule has 0 saturated carbocycles. The molecule has 0 radical (unpaired) electrons. The van der Waals surface area contributed by atoms with Crippen molar-refractivity contribution in [3.8, 4) is 11.5 Å². The van der Waals surface area contributed by atoms with E-state index in [2.05, 4.69) is 10.6 Å². The van der Waals surface area contributed by atoms with Crippen LogP contribution in [0.1, 0.15) is 31.9 Å². The first-order valence-corrected chi connectivity index (χ1v) is 9.86. The van der Waals surface area contributed by atoms with Crippen molar-refractivity contribution < 1.29 is 19.0 Å². The van der Waals surface area contributed by atoms with Crippen molar-refractivity contribution in [3.63, 3.8) is 0 Å².